The Hall–Kier alpha value is -1.78. The summed E-state index contributed by atoms with van der Waals surface area (Å²) in [5, 5.41) is 2.48. The van der Waals surface area contributed by atoms with E-state index >= 15 is 0 Å². The van der Waals surface area contributed by atoms with Crippen LogP contribution < -0.4 is 0 Å². The zero-order chi connectivity index (χ0) is 11.4. The van der Waals surface area contributed by atoms with Gasteiger partial charge in [-0.1, -0.05) is 48.2 Å². The number of hydrogen-bond acceptors (Lipinski definition) is 1. The molecule has 0 fully saturated rings. The molecular weight excluding hydrogens is 194 g/mol. The smallest absolute Gasteiger partial charge is 0.0600 e. The van der Waals surface area contributed by atoms with Crippen molar-refractivity contribution in [2.24, 2.45) is 0 Å². The molecule has 2 aromatic carbocycles. The first-order valence-corrected chi connectivity index (χ1v) is 5.39. The quantitative estimate of drug-likeness (QED) is 0.653. The number of hydrogen-bond donors (Lipinski definition) is 0. The third kappa shape index (κ3) is 2.42. The van der Waals surface area contributed by atoms with Crippen LogP contribution in [0.1, 0.15) is 5.56 Å². The normalized spacial score (nSPS) is 10.2. The van der Waals surface area contributed by atoms with Crippen LogP contribution >= 0.6 is 0 Å². The molecule has 1 nitrogen and oxygen atoms in total. The molecule has 0 radical (unpaired) electrons. The number of fused-ring (bicyclic) bond motifs is 1. The van der Waals surface area contributed by atoms with Crippen molar-refractivity contribution >= 4 is 10.8 Å². The van der Waals surface area contributed by atoms with E-state index in [9.17, 15) is 0 Å². The molecule has 0 heterocycles. The maximum absolute atomic E-state index is 3.23. The third-order valence-corrected chi connectivity index (χ3v) is 2.41. The van der Waals surface area contributed by atoms with Gasteiger partial charge in [0.05, 0.1) is 6.54 Å². The molecule has 0 bridgehead atoms. The van der Waals surface area contributed by atoms with E-state index in [4.69, 9.17) is 0 Å². The number of nitrogens with zero attached hydrogens (tertiary/aromatic N) is 1. The van der Waals surface area contributed by atoms with Gasteiger partial charge in [0.25, 0.3) is 0 Å². The van der Waals surface area contributed by atoms with Gasteiger partial charge in [0.1, 0.15) is 0 Å². The second kappa shape index (κ2) is 4.83. The fourth-order valence-electron chi connectivity index (χ4n) is 1.63. The maximum atomic E-state index is 3.23. The van der Waals surface area contributed by atoms with Crippen LogP contribution in [0.5, 0.6) is 0 Å². The third-order valence-electron chi connectivity index (χ3n) is 2.41. The molecule has 0 aliphatic carbocycles. The highest BCUT2D eigenvalue weighted by molar-refractivity contribution is 5.88. The summed E-state index contributed by atoms with van der Waals surface area (Å²) in [7, 11) is 4.05. The average Bonchev–Trinajstić information content (AvgIpc) is 2.29. The Balaban J connectivity index is 2.40. The second-order valence-corrected chi connectivity index (χ2v) is 4.07. The van der Waals surface area contributed by atoms with Gasteiger partial charge >= 0.3 is 0 Å². The number of benzene rings is 2. The second-order valence-electron chi connectivity index (χ2n) is 4.07. The predicted octanol–water partition coefficient (Wildman–Crippen LogP) is 2.75. The summed E-state index contributed by atoms with van der Waals surface area (Å²) >= 11 is 0. The molecule has 80 valence electrons. The summed E-state index contributed by atoms with van der Waals surface area (Å²) in [6, 6.07) is 14.6. The van der Waals surface area contributed by atoms with E-state index < -0.39 is 0 Å². The van der Waals surface area contributed by atoms with Gasteiger partial charge in [-0.05, 0) is 30.9 Å². The van der Waals surface area contributed by atoms with Crippen LogP contribution in [0.4, 0.5) is 0 Å². The minimum atomic E-state index is 0.795. The van der Waals surface area contributed by atoms with Gasteiger partial charge in [-0.25, -0.2) is 0 Å². The predicted molar refractivity (Wildman–Crippen MR) is 69.4 cm³/mol. The van der Waals surface area contributed by atoms with Gasteiger partial charge in [0.15, 0.2) is 0 Å². The largest absolute Gasteiger partial charge is 0.299 e. The summed E-state index contributed by atoms with van der Waals surface area (Å²) in [4.78, 5) is 2.07. The van der Waals surface area contributed by atoms with E-state index in [0.717, 1.165) is 12.1 Å². The summed E-state index contributed by atoms with van der Waals surface area (Å²) in [5.41, 5.74) is 1.11. The number of rotatable bonds is 1. The highest BCUT2D eigenvalue weighted by Crippen LogP contribution is 2.17. The SMILES string of the molecule is CN(C)CC#Cc1cccc2ccccc12. The summed E-state index contributed by atoms with van der Waals surface area (Å²) < 4.78 is 0. The Morgan fingerprint density at radius 2 is 1.75 bits per heavy atom. The lowest BCUT2D eigenvalue weighted by atomic mass is 10.1. The van der Waals surface area contributed by atoms with Crippen LogP contribution in [-0.4, -0.2) is 25.5 Å². The molecule has 0 saturated carbocycles. The van der Waals surface area contributed by atoms with Crippen LogP contribution in [-0.2, 0) is 0 Å². The zero-order valence-electron chi connectivity index (χ0n) is 9.70. The lowest BCUT2D eigenvalue weighted by molar-refractivity contribution is 0.464. The average molecular weight is 209 g/mol. The van der Waals surface area contributed by atoms with Crippen LogP contribution in [0.3, 0.4) is 0 Å². The topological polar surface area (TPSA) is 3.24 Å². The molecule has 0 amide bonds. The Kier molecular flexibility index (Phi) is 3.24. The van der Waals surface area contributed by atoms with Crippen molar-refractivity contribution in [1.82, 2.24) is 4.90 Å². The zero-order valence-corrected chi connectivity index (χ0v) is 9.70. The van der Waals surface area contributed by atoms with Crippen molar-refractivity contribution in [2.75, 3.05) is 20.6 Å². The molecule has 0 aliphatic heterocycles. The summed E-state index contributed by atoms with van der Waals surface area (Å²) in [6.07, 6.45) is 0. The molecule has 1 heteroatoms. The Morgan fingerprint density at radius 3 is 2.56 bits per heavy atom. The molecule has 0 N–H and O–H groups in total. The van der Waals surface area contributed by atoms with Crippen molar-refractivity contribution in [2.45, 2.75) is 0 Å². The van der Waals surface area contributed by atoms with Crippen LogP contribution in [0.15, 0.2) is 42.5 Å². The molecule has 16 heavy (non-hydrogen) atoms. The highest BCUT2D eigenvalue weighted by Gasteiger charge is 1.95. The van der Waals surface area contributed by atoms with Crippen molar-refractivity contribution < 1.29 is 0 Å². The summed E-state index contributed by atoms with van der Waals surface area (Å²) in [6.45, 7) is 0.795. The van der Waals surface area contributed by atoms with E-state index in [1.54, 1.807) is 0 Å². The standard InChI is InChI=1S/C15H15N/c1-16(2)12-6-10-14-9-5-8-13-7-3-4-11-15(13)14/h3-5,7-9,11H,12H2,1-2H3. The van der Waals surface area contributed by atoms with E-state index in [2.05, 4.69) is 59.2 Å². The molecule has 2 aromatic rings. The Labute approximate surface area is 96.7 Å². The fourth-order valence-corrected chi connectivity index (χ4v) is 1.63. The van der Waals surface area contributed by atoms with Crippen molar-refractivity contribution in [3.05, 3.63) is 48.0 Å². The van der Waals surface area contributed by atoms with E-state index in [0.29, 0.717) is 0 Å². The van der Waals surface area contributed by atoms with Gasteiger partial charge in [-0.15, -0.1) is 0 Å². The Bertz CT molecular complexity index is 539. The van der Waals surface area contributed by atoms with Crippen molar-refractivity contribution in [3.8, 4) is 11.8 Å². The lowest BCUT2D eigenvalue weighted by Crippen LogP contribution is -2.10. The first-order chi connectivity index (χ1) is 7.77. The van der Waals surface area contributed by atoms with Crippen molar-refractivity contribution in [1.29, 1.82) is 0 Å². The minimum Gasteiger partial charge on any atom is -0.299 e. The van der Waals surface area contributed by atoms with Crippen LogP contribution in [0.25, 0.3) is 10.8 Å². The molecule has 0 unspecified atom stereocenters. The van der Waals surface area contributed by atoms with E-state index in [-0.39, 0.29) is 0 Å². The van der Waals surface area contributed by atoms with Crippen LogP contribution in [0, 0.1) is 11.8 Å². The molecule has 0 aliphatic rings. The van der Waals surface area contributed by atoms with Gasteiger partial charge < -0.3 is 0 Å². The molecule has 0 saturated heterocycles. The monoisotopic (exact) mass is 209 g/mol. The molecular formula is C15H15N. The first kappa shape index (κ1) is 10.7. The van der Waals surface area contributed by atoms with Gasteiger partial charge in [-0.2, -0.15) is 0 Å². The molecule has 2 rings (SSSR count). The first-order valence-electron chi connectivity index (χ1n) is 5.39. The fraction of sp³-hybridized carbons (Fsp3) is 0.200. The summed E-state index contributed by atoms with van der Waals surface area (Å²) in [5.74, 6) is 6.40. The lowest BCUT2D eigenvalue weighted by Gasteiger charge is -2.02. The maximum Gasteiger partial charge on any atom is 0.0600 e. The minimum absolute atomic E-state index is 0.795. The van der Waals surface area contributed by atoms with Gasteiger partial charge in [-0.3, -0.25) is 4.90 Å². The van der Waals surface area contributed by atoms with Gasteiger partial charge in [0.2, 0.25) is 0 Å². The van der Waals surface area contributed by atoms with Crippen LogP contribution in [0.2, 0.25) is 0 Å². The Morgan fingerprint density at radius 1 is 1.00 bits per heavy atom. The van der Waals surface area contributed by atoms with Gasteiger partial charge in [0, 0.05) is 5.56 Å². The molecule has 0 atom stereocenters. The molecule has 0 aromatic heterocycles. The van der Waals surface area contributed by atoms with Crippen molar-refractivity contribution in [3.63, 3.8) is 0 Å². The molecule has 0 spiro atoms. The van der Waals surface area contributed by atoms with E-state index in [1.807, 2.05) is 14.1 Å². The highest BCUT2D eigenvalue weighted by atomic mass is 15.0. The van der Waals surface area contributed by atoms with E-state index in [1.165, 1.54) is 10.8 Å².